The quantitative estimate of drug-likeness (QED) is 0.652. The summed E-state index contributed by atoms with van der Waals surface area (Å²) in [5.41, 5.74) is 3.44. The van der Waals surface area contributed by atoms with Crippen LogP contribution >= 0.6 is 34.8 Å². The van der Waals surface area contributed by atoms with Crippen molar-refractivity contribution in [3.8, 4) is 0 Å². The maximum absolute atomic E-state index is 12.3. The fourth-order valence-corrected chi connectivity index (χ4v) is 3.06. The Morgan fingerprint density at radius 1 is 1.14 bits per heavy atom. The van der Waals surface area contributed by atoms with Crippen LogP contribution in [0.4, 0.5) is 5.69 Å². The Balaban J connectivity index is 1.85. The number of carbonyl (C=O) groups is 1. The summed E-state index contributed by atoms with van der Waals surface area (Å²) < 4.78 is 5.30. The number of aliphatic hydroxyl groups is 1. The third-order valence-electron chi connectivity index (χ3n) is 3.78. The Kier molecular flexibility index (Phi) is 6.31. The molecule has 2 N–H and O–H groups in total. The lowest BCUT2D eigenvalue weighted by Crippen LogP contribution is -2.37. The van der Waals surface area contributed by atoms with Gasteiger partial charge in [0.2, 0.25) is 0 Å². The second kappa shape index (κ2) is 8.70. The molecule has 0 saturated heterocycles. The lowest BCUT2D eigenvalue weighted by atomic mass is 10.0. The van der Waals surface area contributed by atoms with Crippen molar-refractivity contribution in [1.82, 2.24) is 5.43 Å². The van der Waals surface area contributed by atoms with E-state index in [1.807, 2.05) is 0 Å². The highest BCUT2D eigenvalue weighted by Gasteiger charge is 2.32. The molecule has 0 bridgehead atoms. The maximum atomic E-state index is 12.3. The number of methoxy groups -OCH3 is 1. The van der Waals surface area contributed by atoms with E-state index in [2.05, 4.69) is 20.8 Å². The fourth-order valence-electron chi connectivity index (χ4n) is 2.43. The molecule has 144 valence electrons. The highest BCUT2D eigenvalue weighted by Crippen LogP contribution is 2.27. The number of halogens is 3. The van der Waals surface area contributed by atoms with E-state index in [4.69, 9.17) is 39.5 Å². The third kappa shape index (κ3) is 4.34. The minimum absolute atomic E-state index is 0.251. The fraction of sp³-hybridized carbons (Fsp3) is 0.111. The molecule has 0 aliphatic carbocycles. The summed E-state index contributed by atoms with van der Waals surface area (Å²) in [5, 5.41) is 23.3. The molecule has 0 saturated carbocycles. The molecule has 0 aromatic heterocycles. The Morgan fingerprint density at radius 3 is 2.46 bits per heavy atom. The van der Waals surface area contributed by atoms with Crippen LogP contribution in [0.5, 0.6) is 0 Å². The van der Waals surface area contributed by atoms with Crippen LogP contribution in [-0.4, -0.2) is 29.9 Å². The molecule has 1 unspecified atom stereocenters. The van der Waals surface area contributed by atoms with E-state index >= 15 is 0 Å². The van der Waals surface area contributed by atoms with Crippen molar-refractivity contribution >= 4 is 52.1 Å². The van der Waals surface area contributed by atoms with E-state index in [9.17, 15) is 9.90 Å². The molecule has 7 nitrogen and oxygen atoms in total. The van der Waals surface area contributed by atoms with Crippen molar-refractivity contribution in [2.45, 2.75) is 6.10 Å². The van der Waals surface area contributed by atoms with Gasteiger partial charge in [0.1, 0.15) is 5.71 Å². The number of hydrogen-bond acceptors (Lipinski definition) is 6. The van der Waals surface area contributed by atoms with Crippen molar-refractivity contribution < 1.29 is 14.6 Å². The number of amides is 1. The standard InChI is InChI=1S/C18H13Cl3N4O3/c1-28-17-14(12-7-4-10(20)8-13(12)21)23-24-15(16(17)26)18(27)25-22-11-5-2-9(19)3-6-11/h2-8,17,24,26H,1H3. The summed E-state index contributed by atoms with van der Waals surface area (Å²) in [6.07, 6.45) is -1.02. The molecule has 28 heavy (non-hydrogen) atoms. The molecule has 1 aliphatic heterocycles. The Hall–Kier alpha value is -2.45. The van der Waals surface area contributed by atoms with Gasteiger partial charge in [0.15, 0.2) is 17.6 Å². The zero-order valence-electron chi connectivity index (χ0n) is 14.4. The minimum atomic E-state index is -1.02. The molecule has 0 radical (unpaired) electrons. The Bertz CT molecular complexity index is 1000. The second-order valence-corrected chi connectivity index (χ2v) is 6.87. The van der Waals surface area contributed by atoms with E-state index < -0.39 is 17.8 Å². The van der Waals surface area contributed by atoms with Crippen molar-refractivity contribution in [3.05, 3.63) is 74.6 Å². The minimum Gasteiger partial charge on any atom is -0.507 e. The smallest absolute Gasteiger partial charge is 0.316 e. The van der Waals surface area contributed by atoms with Crippen LogP contribution in [0.1, 0.15) is 5.56 Å². The van der Waals surface area contributed by atoms with Crippen LogP contribution in [-0.2, 0) is 9.53 Å². The number of carbonyl (C=O) groups excluding carboxylic acids is 1. The normalized spacial score (nSPS) is 16.9. The van der Waals surface area contributed by atoms with Gasteiger partial charge in [-0.1, -0.05) is 34.8 Å². The first-order valence-corrected chi connectivity index (χ1v) is 9.00. The number of nitrogens with one attached hydrogen (secondary N) is 1. The summed E-state index contributed by atoms with van der Waals surface area (Å²) in [5.74, 6) is -1.21. The topological polar surface area (TPSA) is 95.6 Å². The highest BCUT2D eigenvalue weighted by molar-refractivity contribution is 6.37. The molecule has 1 atom stereocenters. The SMILES string of the molecule is COC1C(c2ccc(Cl)cc2Cl)=NNC(C(=O)N=Nc2ccc(Cl)cc2)=C1O. The number of aliphatic hydroxyl groups excluding tert-OH is 1. The molecule has 1 aliphatic rings. The average molecular weight is 440 g/mol. The molecule has 3 rings (SSSR count). The van der Waals surface area contributed by atoms with Crippen LogP contribution in [0.25, 0.3) is 0 Å². The predicted octanol–water partition coefficient (Wildman–Crippen LogP) is 5.05. The Labute approximate surface area is 175 Å². The van der Waals surface area contributed by atoms with E-state index in [1.54, 1.807) is 36.4 Å². The molecule has 2 aromatic rings. The van der Waals surface area contributed by atoms with Gasteiger partial charge in [-0.3, -0.25) is 10.2 Å². The zero-order valence-corrected chi connectivity index (χ0v) is 16.6. The molecule has 1 heterocycles. The average Bonchev–Trinajstić information content (AvgIpc) is 2.67. The Morgan fingerprint density at radius 2 is 1.82 bits per heavy atom. The number of benzene rings is 2. The largest absolute Gasteiger partial charge is 0.507 e. The van der Waals surface area contributed by atoms with Crippen LogP contribution in [0.15, 0.2) is 69.3 Å². The van der Waals surface area contributed by atoms with Crippen molar-refractivity contribution in [2.24, 2.45) is 15.3 Å². The first-order chi connectivity index (χ1) is 13.4. The molecule has 0 spiro atoms. The summed E-state index contributed by atoms with van der Waals surface area (Å²) in [7, 11) is 1.36. The van der Waals surface area contributed by atoms with Gasteiger partial charge in [-0.05, 0) is 42.5 Å². The van der Waals surface area contributed by atoms with E-state index in [1.165, 1.54) is 13.2 Å². The molecular weight excluding hydrogens is 427 g/mol. The van der Waals surface area contributed by atoms with Gasteiger partial charge in [0.25, 0.3) is 0 Å². The van der Waals surface area contributed by atoms with Crippen LogP contribution in [0.2, 0.25) is 15.1 Å². The van der Waals surface area contributed by atoms with Gasteiger partial charge < -0.3 is 9.84 Å². The van der Waals surface area contributed by atoms with Crippen molar-refractivity contribution in [1.29, 1.82) is 0 Å². The number of azo groups is 1. The van der Waals surface area contributed by atoms with Gasteiger partial charge in [-0.25, -0.2) is 0 Å². The van der Waals surface area contributed by atoms with Crippen LogP contribution in [0, 0.1) is 0 Å². The second-order valence-electron chi connectivity index (χ2n) is 5.59. The zero-order chi connectivity index (χ0) is 20.3. The lowest BCUT2D eigenvalue weighted by molar-refractivity contribution is -0.115. The number of nitrogens with zero attached hydrogens (tertiary/aromatic N) is 3. The number of ether oxygens (including phenoxy) is 1. The molecule has 2 aromatic carbocycles. The summed E-state index contributed by atoms with van der Waals surface area (Å²) >= 11 is 17.9. The van der Waals surface area contributed by atoms with E-state index in [-0.39, 0.29) is 11.4 Å². The number of rotatable bonds is 4. The first kappa shape index (κ1) is 20.3. The summed E-state index contributed by atoms with van der Waals surface area (Å²) in [4.78, 5) is 12.3. The summed E-state index contributed by atoms with van der Waals surface area (Å²) in [6, 6.07) is 11.2. The van der Waals surface area contributed by atoms with Crippen LogP contribution in [0.3, 0.4) is 0 Å². The van der Waals surface area contributed by atoms with E-state index in [0.29, 0.717) is 26.3 Å². The number of hydrazone groups is 1. The maximum Gasteiger partial charge on any atom is 0.316 e. The lowest BCUT2D eigenvalue weighted by Gasteiger charge is -2.24. The molecule has 1 amide bonds. The summed E-state index contributed by atoms with van der Waals surface area (Å²) in [6.45, 7) is 0. The van der Waals surface area contributed by atoms with Gasteiger partial charge in [0, 0.05) is 22.7 Å². The van der Waals surface area contributed by atoms with E-state index in [0.717, 1.165) is 0 Å². The van der Waals surface area contributed by atoms with Gasteiger partial charge in [0.05, 0.1) is 10.7 Å². The van der Waals surface area contributed by atoms with Crippen LogP contribution < -0.4 is 5.43 Å². The van der Waals surface area contributed by atoms with Gasteiger partial charge in [-0.15, -0.1) is 10.2 Å². The first-order valence-electron chi connectivity index (χ1n) is 7.87. The number of hydrogen-bond donors (Lipinski definition) is 2. The molecule has 0 fully saturated rings. The van der Waals surface area contributed by atoms with Crippen molar-refractivity contribution in [2.75, 3.05) is 7.11 Å². The molecule has 10 heteroatoms. The third-order valence-corrected chi connectivity index (χ3v) is 4.58. The van der Waals surface area contributed by atoms with Gasteiger partial charge >= 0.3 is 5.91 Å². The highest BCUT2D eigenvalue weighted by atomic mass is 35.5. The molecular formula is C18H13Cl3N4O3. The monoisotopic (exact) mass is 438 g/mol. The van der Waals surface area contributed by atoms with Crippen molar-refractivity contribution in [3.63, 3.8) is 0 Å². The van der Waals surface area contributed by atoms with Gasteiger partial charge in [-0.2, -0.15) is 5.10 Å². The predicted molar refractivity (Wildman–Crippen MR) is 108 cm³/mol.